The smallest absolute Gasteiger partial charge is 0.295 e. The van der Waals surface area contributed by atoms with Crippen LogP contribution in [0.3, 0.4) is 0 Å². The van der Waals surface area contributed by atoms with Crippen LogP contribution in [0.25, 0.3) is 5.76 Å². The molecule has 2 aromatic rings. The number of Topliss-reactive ketones (excluding diaryl/α,β-unsaturated/α-hetero) is 1. The number of rotatable bonds is 11. The molecule has 0 unspecified atom stereocenters. The van der Waals surface area contributed by atoms with Crippen LogP contribution in [0, 0.1) is 0 Å². The van der Waals surface area contributed by atoms with Gasteiger partial charge in [-0.25, -0.2) is 0 Å². The second-order valence-corrected chi connectivity index (χ2v) is 9.29. The molecule has 0 aromatic heterocycles. The lowest BCUT2D eigenvalue weighted by Crippen LogP contribution is -2.38. The van der Waals surface area contributed by atoms with Crippen LogP contribution in [0.2, 0.25) is 0 Å². The summed E-state index contributed by atoms with van der Waals surface area (Å²) >= 11 is 0. The Morgan fingerprint density at radius 2 is 1.71 bits per heavy atom. The van der Waals surface area contributed by atoms with Crippen LogP contribution < -0.4 is 14.2 Å². The van der Waals surface area contributed by atoms with E-state index in [1.54, 1.807) is 54.5 Å². The Kier molecular flexibility index (Phi) is 9.25. The van der Waals surface area contributed by atoms with Crippen molar-refractivity contribution in [2.24, 2.45) is 0 Å². The van der Waals surface area contributed by atoms with Gasteiger partial charge in [-0.05, 0) is 54.8 Å². The first-order valence-electron chi connectivity index (χ1n) is 13.0. The topological polar surface area (TPSA) is 97.8 Å². The summed E-state index contributed by atoms with van der Waals surface area (Å²) < 4.78 is 21.9. The van der Waals surface area contributed by atoms with Crippen molar-refractivity contribution in [1.29, 1.82) is 0 Å². The molecule has 2 aliphatic heterocycles. The summed E-state index contributed by atoms with van der Waals surface area (Å²) in [5.74, 6) is 0.116. The number of hydrogen-bond donors (Lipinski definition) is 1. The van der Waals surface area contributed by atoms with Gasteiger partial charge in [0.2, 0.25) is 0 Å². The van der Waals surface area contributed by atoms with Gasteiger partial charge in [0.15, 0.2) is 11.5 Å². The highest BCUT2D eigenvalue weighted by Gasteiger charge is 2.46. The fourth-order valence-corrected chi connectivity index (χ4v) is 4.85. The van der Waals surface area contributed by atoms with E-state index in [1.165, 1.54) is 7.11 Å². The SMILES string of the molecule is CCCOc1ccc(C(O)=C2C(=O)C(=O)N(CCCN3CCOCC3)[C@@H]2c2ccc(OC)c(OC)c2)cc1. The van der Waals surface area contributed by atoms with Crippen molar-refractivity contribution >= 4 is 17.4 Å². The predicted octanol–water partition coefficient (Wildman–Crippen LogP) is 3.64. The average molecular weight is 525 g/mol. The van der Waals surface area contributed by atoms with E-state index in [0.717, 1.165) is 26.1 Å². The molecule has 2 fully saturated rings. The lowest BCUT2D eigenvalue weighted by molar-refractivity contribution is -0.140. The fraction of sp³-hybridized carbons (Fsp3) is 0.448. The van der Waals surface area contributed by atoms with Crippen molar-refractivity contribution in [3.8, 4) is 17.2 Å². The molecular weight excluding hydrogens is 488 g/mol. The fourth-order valence-electron chi connectivity index (χ4n) is 4.85. The molecule has 1 amide bonds. The summed E-state index contributed by atoms with van der Waals surface area (Å²) in [6.45, 7) is 6.82. The third kappa shape index (κ3) is 5.95. The first kappa shape index (κ1) is 27.5. The minimum atomic E-state index is -0.768. The zero-order valence-corrected chi connectivity index (χ0v) is 22.3. The van der Waals surface area contributed by atoms with Crippen LogP contribution in [0.4, 0.5) is 0 Å². The molecule has 2 aliphatic rings. The molecule has 2 heterocycles. The number of hydrogen-bond acceptors (Lipinski definition) is 8. The maximum Gasteiger partial charge on any atom is 0.295 e. The average Bonchev–Trinajstić information content (AvgIpc) is 3.21. The first-order chi connectivity index (χ1) is 18.5. The minimum absolute atomic E-state index is 0.0517. The number of likely N-dealkylation sites (tertiary alicyclic amines) is 1. The minimum Gasteiger partial charge on any atom is -0.507 e. The van der Waals surface area contributed by atoms with E-state index in [4.69, 9.17) is 18.9 Å². The summed E-state index contributed by atoms with van der Waals surface area (Å²) in [6.07, 6.45) is 1.56. The summed E-state index contributed by atoms with van der Waals surface area (Å²) in [6, 6.07) is 11.4. The maximum atomic E-state index is 13.3. The molecule has 0 spiro atoms. The predicted molar refractivity (Wildman–Crippen MR) is 143 cm³/mol. The van der Waals surface area contributed by atoms with Gasteiger partial charge in [-0.1, -0.05) is 13.0 Å². The second kappa shape index (κ2) is 12.8. The number of ether oxygens (including phenoxy) is 4. The standard InChI is InChI=1S/C29H36N2O7/c1-4-16-38-22-9-6-20(7-10-22)27(32)25-26(21-8-11-23(35-2)24(19-21)36-3)31(29(34)28(25)33)13-5-12-30-14-17-37-18-15-30/h6-11,19,26,32H,4-5,12-18H2,1-3H3/t26-/m1/s1. The Bertz CT molecular complexity index is 1160. The van der Waals surface area contributed by atoms with E-state index in [2.05, 4.69) is 4.90 Å². The first-order valence-corrected chi connectivity index (χ1v) is 13.0. The largest absolute Gasteiger partial charge is 0.507 e. The quantitative estimate of drug-likeness (QED) is 0.270. The number of benzene rings is 2. The van der Waals surface area contributed by atoms with E-state index in [0.29, 0.717) is 61.2 Å². The molecule has 9 nitrogen and oxygen atoms in total. The van der Waals surface area contributed by atoms with Crippen LogP contribution in [-0.4, -0.2) is 86.8 Å². The van der Waals surface area contributed by atoms with Gasteiger partial charge in [-0.3, -0.25) is 14.5 Å². The van der Waals surface area contributed by atoms with Crippen molar-refractivity contribution in [3.05, 3.63) is 59.2 Å². The summed E-state index contributed by atoms with van der Waals surface area (Å²) in [7, 11) is 3.08. The van der Waals surface area contributed by atoms with Gasteiger partial charge in [0, 0.05) is 31.7 Å². The highest BCUT2D eigenvalue weighted by atomic mass is 16.5. The Morgan fingerprint density at radius 3 is 2.37 bits per heavy atom. The number of amides is 1. The van der Waals surface area contributed by atoms with Crippen molar-refractivity contribution < 1.29 is 33.6 Å². The highest BCUT2D eigenvalue weighted by molar-refractivity contribution is 6.46. The lowest BCUT2D eigenvalue weighted by Gasteiger charge is -2.29. The number of morpholine rings is 1. The summed E-state index contributed by atoms with van der Waals surface area (Å²) in [5.41, 5.74) is 1.14. The van der Waals surface area contributed by atoms with Crippen molar-refractivity contribution in [2.45, 2.75) is 25.8 Å². The molecule has 2 aromatic carbocycles. The molecule has 0 radical (unpaired) electrons. The number of carbonyl (C=O) groups excluding carboxylic acids is 2. The van der Waals surface area contributed by atoms with Crippen molar-refractivity contribution in [2.75, 3.05) is 60.2 Å². The third-order valence-electron chi connectivity index (χ3n) is 6.84. The van der Waals surface area contributed by atoms with Gasteiger partial charge in [0.1, 0.15) is 11.5 Å². The lowest BCUT2D eigenvalue weighted by atomic mass is 9.95. The van der Waals surface area contributed by atoms with E-state index >= 15 is 0 Å². The van der Waals surface area contributed by atoms with E-state index < -0.39 is 17.7 Å². The second-order valence-electron chi connectivity index (χ2n) is 9.29. The molecule has 4 rings (SSSR count). The Balaban J connectivity index is 1.69. The summed E-state index contributed by atoms with van der Waals surface area (Å²) in [5, 5.41) is 11.3. The van der Waals surface area contributed by atoms with E-state index in [-0.39, 0.29) is 11.3 Å². The van der Waals surface area contributed by atoms with Gasteiger partial charge < -0.3 is 29.0 Å². The van der Waals surface area contributed by atoms with Gasteiger partial charge >= 0.3 is 0 Å². The molecule has 1 atom stereocenters. The van der Waals surface area contributed by atoms with Crippen molar-refractivity contribution in [1.82, 2.24) is 9.80 Å². The number of aliphatic hydroxyl groups excluding tert-OH is 1. The molecule has 1 N–H and O–H groups in total. The normalized spacial score (nSPS) is 19.6. The molecular formula is C29H36N2O7. The molecule has 204 valence electrons. The van der Waals surface area contributed by atoms with Crippen LogP contribution in [0.5, 0.6) is 17.2 Å². The molecule has 0 bridgehead atoms. The monoisotopic (exact) mass is 524 g/mol. The van der Waals surface area contributed by atoms with E-state index in [9.17, 15) is 14.7 Å². The van der Waals surface area contributed by atoms with Crippen LogP contribution >= 0.6 is 0 Å². The maximum absolute atomic E-state index is 13.3. The van der Waals surface area contributed by atoms with Gasteiger partial charge in [0.05, 0.1) is 45.7 Å². The zero-order valence-electron chi connectivity index (χ0n) is 22.3. The van der Waals surface area contributed by atoms with Crippen LogP contribution in [-0.2, 0) is 14.3 Å². The van der Waals surface area contributed by atoms with Crippen LogP contribution in [0.15, 0.2) is 48.0 Å². The highest BCUT2D eigenvalue weighted by Crippen LogP contribution is 2.42. The van der Waals surface area contributed by atoms with E-state index in [1.807, 2.05) is 6.92 Å². The van der Waals surface area contributed by atoms with Crippen LogP contribution in [0.1, 0.15) is 36.9 Å². The van der Waals surface area contributed by atoms with Gasteiger partial charge in [0.25, 0.3) is 11.7 Å². The molecule has 0 saturated carbocycles. The van der Waals surface area contributed by atoms with Gasteiger partial charge in [-0.15, -0.1) is 0 Å². The number of carbonyl (C=O) groups is 2. The Labute approximate surface area is 223 Å². The number of methoxy groups -OCH3 is 2. The molecule has 0 aliphatic carbocycles. The number of ketones is 1. The third-order valence-corrected chi connectivity index (χ3v) is 6.84. The Hall–Kier alpha value is -3.56. The summed E-state index contributed by atoms with van der Waals surface area (Å²) in [4.78, 5) is 30.5. The van der Waals surface area contributed by atoms with Gasteiger partial charge in [-0.2, -0.15) is 0 Å². The van der Waals surface area contributed by atoms with Crippen molar-refractivity contribution in [3.63, 3.8) is 0 Å². The number of aliphatic hydroxyl groups is 1. The molecule has 38 heavy (non-hydrogen) atoms. The molecule has 9 heteroatoms. The molecule has 2 saturated heterocycles. The Morgan fingerprint density at radius 1 is 1.00 bits per heavy atom. The number of nitrogens with zero attached hydrogens (tertiary/aromatic N) is 2. The zero-order chi connectivity index (χ0) is 27.1.